The number of nitrogens with one attached hydrogen (secondary N) is 3. The fourth-order valence-corrected chi connectivity index (χ4v) is 2.40. The summed E-state index contributed by atoms with van der Waals surface area (Å²) < 4.78 is 0. The predicted molar refractivity (Wildman–Crippen MR) is 78.5 cm³/mol. The van der Waals surface area contributed by atoms with Gasteiger partial charge in [0.25, 0.3) is 5.56 Å². The van der Waals surface area contributed by atoms with Gasteiger partial charge in [0.1, 0.15) is 5.52 Å². The summed E-state index contributed by atoms with van der Waals surface area (Å²) >= 11 is 0. The lowest BCUT2D eigenvalue weighted by molar-refractivity contribution is 0.209. The number of aliphatic hydroxyl groups excluding tert-OH is 1. The Morgan fingerprint density at radius 2 is 2.25 bits per heavy atom. The first kappa shape index (κ1) is 14.7. The molecule has 2 heterocycles. The highest BCUT2D eigenvalue weighted by molar-refractivity contribution is 5.77. The fourth-order valence-electron chi connectivity index (χ4n) is 2.40. The number of fused-ring (bicyclic) bond motifs is 1. The first-order valence-electron chi connectivity index (χ1n) is 7.11. The van der Waals surface area contributed by atoms with Crippen LogP contribution in [0.25, 0.3) is 11.0 Å². The molecular formula is C14H22N4O2. The molecule has 20 heavy (non-hydrogen) atoms. The molecule has 0 aliphatic carbocycles. The van der Waals surface area contributed by atoms with E-state index in [0.717, 1.165) is 31.4 Å². The zero-order valence-corrected chi connectivity index (χ0v) is 11.8. The van der Waals surface area contributed by atoms with Crippen LogP contribution in [-0.4, -0.2) is 33.2 Å². The molecule has 6 heteroatoms. The fraction of sp³-hybridized carbons (Fsp3) is 0.571. The Labute approximate surface area is 117 Å². The highest BCUT2D eigenvalue weighted by atomic mass is 16.3. The Morgan fingerprint density at radius 1 is 1.40 bits per heavy atom. The molecule has 4 N–H and O–H groups in total. The largest absolute Gasteiger partial charge is 0.396 e. The van der Waals surface area contributed by atoms with Crippen LogP contribution in [0, 0.1) is 5.92 Å². The van der Waals surface area contributed by atoms with Crippen molar-refractivity contribution in [3.8, 4) is 0 Å². The number of aromatic amines is 2. The van der Waals surface area contributed by atoms with Crippen LogP contribution in [0.1, 0.15) is 31.7 Å². The maximum Gasteiger partial charge on any atom is 0.275 e. The van der Waals surface area contributed by atoms with Gasteiger partial charge in [0.15, 0.2) is 0 Å². The summed E-state index contributed by atoms with van der Waals surface area (Å²) in [7, 11) is 0. The molecule has 0 aliphatic rings. The van der Waals surface area contributed by atoms with Gasteiger partial charge in [-0.3, -0.25) is 4.79 Å². The minimum Gasteiger partial charge on any atom is -0.396 e. The molecule has 2 aromatic rings. The van der Waals surface area contributed by atoms with Gasteiger partial charge in [-0.15, -0.1) is 0 Å². The smallest absolute Gasteiger partial charge is 0.275 e. The van der Waals surface area contributed by atoms with Gasteiger partial charge in [0.05, 0.1) is 11.8 Å². The lowest BCUT2D eigenvalue weighted by Crippen LogP contribution is -2.19. The zero-order valence-electron chi connectivity index (χ0n) is 11.8. The van der Waals surface area contributed by atoms with Crippen LogP contribution in [0.4, 0.5) is 0 Å². The van der Waals surface area contributed by atoms with Gasteiger partial charge in [-0.1, -0.05) is 13.3 Å². The molecule has 0 aliphatic heterocycles. The molecule has 6 nitrogen and oxygen atoms in total. The van der Waals surface area contributed by atoms with Gasteiger partial charge < -0.3 is 20.4 Å². The average molecular weight is 278 g/mol. The minimum absolute atomic E-state index is 0.149. The molecule has 0 spiro atoms. The van der Waals surface area contributed by atoms with Gasteiger partial charge in [-0.05, 0) is 25.3 Å². The second-order valence-corrected chi connectivity index (χ2v) is 5.07. The Kier molecular flexibility index (Phi) is 5.31. The molecule has 1 unspecified atom stereocenters. The molecule has 2 rings (SSSR count). The number of H-pyrrole nitrogens is 2. The normalized spacial score (nSPS) is 12.9. The molecule has 2 aromatic heterocycles. The van der Waals surface area contributed by atoms with E-state index in [-0.39, 0.29) is 12.2 Å². The highest BCUT2D eigenvalue weighted by Crippen LogP contribution is 2.12. The van der Waals surface area contributed by atoms with Gasteiger partial charge in [-0.25, -0.2) is 4.98 Å². The summed E-state index contributed by atoms with van der Waals surface area (Å²) in [5.74, 6) is 0.372. The van der Waals surface area contributed by atoms with Crippen molar-refractivity contribution in [1.29, 1.82) is 0 Å². The Balaban J connectivity index is 1.87. The van der Waals surface area contributed by atoms with Crippen molar-refractivity contribution in [2.24, 2.45) is 5.92 Å². The van der Waals surface area contributed by atoms with Crippen LogP contribution in [0.5, 0.6) is 0 Å². The molecule has 110 valence electrons. The van der Waals surface area contributed by atoms with Gasteiger partial charge in [-0.2, -0.15) is 0 Å². The van der Waals surface area contributed by atoms with Crippen LogP contribution in [0.3, 0.4) is 0 Å². The third kappa shape index (κ3) is 3.46. The quantitative estimate of drug-likeness (QED) is 0.545. The molecule has 0 aromatic carbocycles. The topological polar surface area (TPSA) is 93.8 Å². The molecule has 0 saturated carbocycles. The van der Waals surface area contributed by atoms with Gasteiger partial charge in [0, 0.05) is 24.9 Å². The van der Waals surface area contributed by atoms with E-state index < -0.39 is 0 Å². The number of nitrogens with zero attached hydrogens (tertiary/aromatic N) is 1. The van der Waals surface area contributed by atoms with Crippen molar-refractivity contribution in [1.82, 2.24) is 20.3 Å². The van der Waals surface area contributed by atoms with Crippen molar-refractivity contribution in [2.75, 3.05) is 13.2 Å². The molecule has 0 saturated heterocycles. The Hall–Kier alpha value is -1.66. The van der Waals surface area contributed by atoms with E-state index in [0.29, 0.717) is 23.5 Å². The predicted octanol–water partition coefficient (Wildman–Crippen LogP) is 1.14. The van der Waals surface area contributed by atoms with Gasteiger partial charge >= 0.3 is 0 Å². The van der Waals surface area contributed by atoms with Crippen LogP contribution >= 0.6 is 0 Å². The summed E-state index contributed by atoms with van der Waals surface area (Å²) in [5.41, 5.74) is 2.07. The summed E-state index contributed by atoms with van der Waals surface area (Å²) in [5, 5.41) is 12.6. The van der Waals surface area contributed by atoms with Crippen LogP contribution in [0.15, 0.2) is 17.3 Å². The Bertz CT molecular complexity index is 590. The van der Waals surface area contributed by atoms with Crippen LogP contribution < -0.4 is 10.9 Å². The summed E-state index contributed by atoms with van der Waals surface area (Å²) in [6, 6.07) is 0. The zero-order chi connectivity index (χ0) is 14.4. The number of aromatic nitrogens is 3. The SMILES string of the molecule is CCCC(CO)CCNCc1c[nH]c2c(=O)[nH]cnc12. The summed E-state index contributed by atoms with van der Waals surface area (Å²) in [4.78, 5) is 21.2. The number of aliphatic hydroxyl groups is 1. The molecule has 1 atom stereocenters. The van der Waals surface area contributed by atoms with Gasteiger partial charge in [0.2, 0.25) is 0 Å². The standard InChI is InChI=1S/C14H22N4O2/c1-2-3-10(8-19)4-5-15-6-11-7-16-13-12(11)17-9-18-14(13)20/h7,9-10,15-16,19H,2-6,8H2,1H3,(H,17,18,20). The van der Waals surface area contributed by atoms with Crippen molar-refractivity contribution in [3.05, 3.63) is 28.4 Å². The minimum atomic E-state index is -0.149. The van der Waals surface area contributed by atoms with E-state index >= 15 is 0 Å². The van der Waals surface area contributed by atoms with E-state index in [9.17, 15) is 9.90 Å². The third-order valence-corrected chi connectivity index (χ3v) is 3.55. The van der Waals surface area contributed by atoms with E-state index in [2.05, 4.69) is 27.2 Å². The van der Waals surface area contributed by atoms with Crippen LogP contribution in [-0.2, 0) is 6.54 Å². The summed E-state index contributed by atoms with van der Waals surface area (Å²) in [6.07, 6.45) is 6.35. The monoisotopic (exact) mass is 278 g/mol. The Morgan fingerprint density at radius 3 is 3.00 bits per heavy atom. The van der Waals surface area contributed by atoms with Crippen molar-refractivity contribution < 1.29 is 5.11 Å². The van der Waals surface area contributed by atoms with Crippen LogP contribution in [0.2, 0.25) is 0 Å². The lowest BCUT2D eigenvalue weighted by atomic mass is 10.0. The molecule has 0 bridgehead atoms. The molecule has 0 amide bonds. The average Bonchev–Trinajstić information content (AvgIpc) is 2.87. The summed E-state index contributed by atoms with van der Waals surface area (Å²) in [6.45, 7) is 3.90. The van der Waals surface area contributed by atoms with E-state index in [1.165, 1.54) is 6.33 Å². The van der Waals surface area contributed by atoms with Crippen molar-refractivity contribution in [3.63, 3.8) is 0 Å². The number of rotatable bonds is 8. The first-order chi connectivity index (χ1) is 9.76. The second-order valence-electron chi connectivity index (χ2n) is 5.07. The second kappa shape index (κ2) is 7.21. The maximum absolute atomic E-state index is 11.5. The molecule has 0 fully saturated rings. The highest BCUT2D eigenvalue weighted by Gasteiger charge is 2.08. The van der Waals surface area contributed by atoms with Crippen molar-refractivity contribution >= 4 is 11.0 Å². The number of hydrogen-bond acceptors (Lipinski definition) is 4. The first-order valence-corrected chi connectivity index (χ1v) is 7.11. The molecule has 0 radical (unpaired) electrons. The van der Waals surface area contributed by atoms with E-state index in [1.807, 2.05) is 6.20 Å². The third-order valence-electron chi connectivity index (χ3n) is 3.55. The lowest BCUT2D eigenvalue weighted by Gasteiger charge is -2.12. The maximum atomic E-state index is 11.5. The molecular weight excluding hydrogens is 256 g/mol. The number of hydrogen-bond donors (Lipinski definition) is 4. The van der Waals surface area contributed by atoms with Crippen molar-refractivity contribution in [2.45, 2.75) is 32.7 Å². The van der Waals surface area contributed by atoms with E-state index in [1.54, 1.807) is 0 Å². The van der Waals surface area contributed by atoms with E-state index in [4.69, 9.17) is 0 Å².